The maximum absolute atomic E-state index is 11.4. The first kappa shape index (κ1) is 20.7. The van der Waals surface area contributed by atoms with Crippen LogP contribution in [0.5, 0.6) is 5.75 Å². The molecule has 1 fully saturated rings. The fourth-order valence-electron chi connectivity index (χ4n) is 4.02. The Hall–Kier alpha value is -1.63. The van der Waals surface area contributed by atoms with Gasteiger partial charge in [-0.25, -0.2) is 4.79 Å². The summed E-state index contributed by atoms with van der Waals surface area (Å²) in [5.41, 5.74) is 0.0463. The van der Waals surface area contributed by atoms with E-state index in [1.807, 2.05) is 0 Å². The standard InChI is InChI=1S/C20H31NO5/c1-19(2)10-15(22)11-20(3,4)21(19)12-16(23)13-26-17-8-6-14(7-9-17)18(24)25-5/h6-9,15-16,22-23H,10-13H2,1-5H3/t16-/m1/s1. The molecule has 2 N–H and O–H groups in total. The van der Waals surface area contributed by atoms with Crippen molar-refractivity contribution in [2.75, 3.05) is 20.3 Å². The lowest BCUT2D eigenvalue weighted by atomic mass is 9.78. The summed E-state index contributed by atoms with van der Waals surface area (Å²) < 4.78 is 10.3. The van der Waals surface area contributed by atoms with Gasteiger partial charge in [0, 0.05) is 17.6 Å². The van der Waals surface area contributed by atoms with Crippen molar-refractivity contribution < 1.29 is 24.5 Å². The number of piperidine rings is 1. The lowest BCUT2D eigenvalue weighted by Crippen LogP contribution is -2.63. The molecule has 1 aromatic carbocycles. The molecule has 0 unspecified atom stereocenters. The summed E-state index contributed by atoms with van der Waals surface area (Å²) in [6.07, 6.45) is 0.375. The molecule has 0 spiro atoms. The molecule has 1 atom stereocenters. The highest BCUT2D eigenvalue weighted by Crippen LogP contribution is 2.38. The zero-order valence-electron chi connectivity index (χ0n) is 16.4. The van der Waals surface area contributed by atoms with E-state index in [4.69, 9.17) is 4.74 Å². The van der Waals surface area contributed by atoms with Gasteiger partial charge in [0.25, 0.3) is 0 Å². The molecule has 26 heavy (non-hydrogen) atoms. The Bertz CT molecular complexity index is 593. The summed E-state index contributed by atoms with van der Waals surface area (Å²) in [6.45, 7) is 8.99. The van der Waals surface area contributed by atoms with E-state index in [1.54, 1.807) is 24.3 Å². The second-order valence-electron chi connectivity index (χ2n) is 8.28. The average Bonchev–Trinajstić information content (AvgIpc) is 2.55. The van der Waals surface area contributed by atoms with Gasteiger partial charge in [0.2, 0.25) is 0 Å². The minimum absolute atomic E-state index is 0.156. The summed E-state index contributed by atoms with van der Waals surface area (Å²) in [5, 5.41) is 20.6. The van der Waals surface area contributed by atoms with Gasteiger partial charge in [0.05, 0.1) is 18.8 Å². The number of β-amino-alcohol motifs (C(OH)–C–C–N with tert-alkyl or cyclic N) is 1. The maximum atomic E-state index is 11.4. The molecule has 1 heterocycles. The maximum Gasteiger partial charge on any atom is 0.337 e. The quantitative estimate of drug-likeness (QED) is 0.753. The van der Waals surface area contributed by atoms with Crippen LogP contribution in [-0.2, 0) is 4.74 Å². The number of rotatable bonds is 6. The second kappa shape index (κ2) is 7.94. The van der Waals surface area contributed by atoms with Crippen LogP contribution >= 0.6 is 0 Å². The summed E-state index contributed by atoms with van der Waals surface area (Å²) in [6, 6.07) is 6.63. The van der Waals surface area contributed by atoms with E-state index in [0.717, 1.165) is 0 Å². The molecule has 1 saturated heterocycles. The van der Waals surface area contributed by atoms with Crippen LogP contribution in [0.15, 0.2) is 24.3 Å². The number of esters is 1. The molecule has 0 saturated carbocycles. The van der Waals surface area contributed by atoms with Gasteiger partial charge >= 0.3 is 5.97 Å². The van der Waals surface area contributed by atoms with E-state index in [2.05, 4.69) is 37.3 Å². The van der Waals surface area contributed by atoms with Crippen molar-refractivity contribution in [3.05, 3.63) is 29.8 Å². The number of hydrogen-bond donors (Lipinski definition) is 2. The highest BCUT2D eigenvalue weighted by Gasteiger charge is 2.45. The van der Waals surface area contributed by atoms with Gasteiger partial charge in [-0.3, -0.25) is 4.90 Å². The number of likely N-dealkylation sites (tertiary alicyclic amines) is 1. The topological polar surface area (TPSA) is 79.2 Å². The first-order valence-corrected chi connectivity index (χ1v) is 9.00. The molecular formula is C20H31NO5. The SMILES string of the molecule is COC(=O)c1ccc(OC[C@H](O)CN2C(C)(C)CC(O)CC2(C)C)cc1. The Kier molecular flexibility index (Phi) is 6.32. The molecule has 0 bridgehead atoms. The molecular weight excluding hydrogens is 334 g/mol. The van der Waals surface area contributed by atoms with Crippen molar-refractivity contribution in [2.45, 2.75) is 63.8 Å². The first-order chi connectivity index (χ1) is 12.0. The smallest absolute Gasteiger partial charge is 0.337 e. The van der Waals surface area contributed by atoms with Crippen LogP contribution in [0.1, 0.15) is 50.9 Å². The molecule has 1 aliphatic rings. The largest absolute Gasteiger partial charge is 0.491 e. The number of aliphatic hydroxyl groups is 2. The lowest BCUT2D eigenvalue weighted by molar-refractivity contribution is -0.1000. The molecule has 1 aliphatic heterocycles. The molecule has 0 aromatic heterocycles. The van der Waals surface area contributed by atoms with E-state index in [9.17, 15) is 15.0 Å². The molecule has 0 aliphatic carbocycles. The van der Waals surface area contributed by atoms with Crippen LogP contribution in [0.2, 0.25) is 0 Å². The van der Waals surface area contributed by atoms with E-state index in [0.29, 0.717) is 30.7 Å². The van der Waals surface area contributed by atoms with Crippen molar-refractivity contribution in [1.82, 2.24) is 4.90 Å². The molecule has 146 valence electrons. The van der Waals surface area contributed by atoms with Crippen LogP contribution in [0.4, 0.5) is 0 Å². The van der Waals surface area contributed by atoms with E-state index in [1.165, 1.54) is 7.11 Å². The highest BCUT2D eigenvalue weighted by atomic mass is 16.5. The third-order valence-corrected chi connectivity index (χ3v) is 5.04. The average molecular weight is 365 g/mol. The van der Waals surface area contributed by atoms with Gasteiger partial charge in [-0.2, -0.15) is 0 Å². The second-order valence-corrected chi connectivity index (χ2v) is 8.28. The van der Waals surface area contributed by atoms with Crippen LogP contribution in [0, 0.1) is 0 Å². The van der Waals surface area contributed by atoms with E-state index < -0.39 is 12.1 Å². The van der Waals surface area contributed by atoms with Crippen LogP contribution in [0.25, 0.3) is 0 Å². The number of ether oxygens (including phenoxy) is 2. The minimum atomic E-state index is -0.663. The number of carbonyl (C=O) groups excluding carboxylic acids is 1. The van der Waals surface area contributed by atoms with Gasteiger partial charge in [0.1, 0.15) is 18.5 Å². The number of aliphatic hydroxyl groups excluding tert-OH is 2. The number of carbonyl (C=O) groups is 1. The number of methoxy groups -OCH3 is 1. The van der Waals surface area contributed by atoms with Gasteiger partial charge in [-0.1, -0.05) is 0 Å². The van der Waals surface area contributed by atoms with Crippen molar-refractivity contribution in [1.29, 1.82) is 0 Å². The number of benzene rings is 1. The van der Waals surface area contributed by atoms with Crippen LogP contribution in [0.3, 0.4) is 0 Å². The lowest BCUT2D eigenvalue weighted by Gasteiger charge is -2.54. The summed E-state index contributed by atoms with van der Waals surface area (Å²) in [4.78, 5) is 13.7. The minimum Gasteiger partial charge on any atom is -0.491 e. The number of nitrogens with zero attached hydrogens (tertiary/aromatic N) is 1. The highest BCUT2D eigenvalue weighted by molar-refractivity contribution is 5.89. The Morgan fingerprint density at radius 2 is 1.73 bits per heavy atom. The molecule has 6 heteroatoms. The Morgan fingerprint density at radius 3 is 2.23 bits per heavy atom. The fourth-order valence-corrected chi connectivity index (χ4v) is 4.02. The van der Waals surface area contributed by atoms with E-state index in [-0.39, 0.29) is 23.8 Å². The molecule has 0 amide bonds. The van der Waals surface area contributed by atoms with Gasteiger partial charge < -0.3 is 19.7 Å². The third-order valence-electron chi connectivity index (χ3n) is 5.04. The normalized spacial score (nSPS) is 21.2. The summed E-state index contributed by atoms with van der Waals surface area (Å²) >= 11 is 0. The zero-order chi connectivity index (χ0) is 19.5. The third kappa shape index (κ3) is 4.96. The van der Waals surface area contributed by atoms with Gasteiger partial charge in [0.15, 0.2) is 0 Å². The summed E-state index contributed by atoms with van der Waals surface area (Å²) in [7, 11) is 1.34. The molecule has 6 nitrogen and oxygen atoms in total. The predicted octanol–water partition coefficient (Wildman–Crippen LogP) is 2.23. The number of hydrogen-bond acceptors (Lipinski definition) is 6. The first-order valence-electron chi connectivity index (χ1n) is 9.00. The Morgan fingerprint density at radius 1 is 1.19 bits per heavy atom. The molecule has 1 aromatic rings. The van der Waals surface area contributed by atoms with E-state index >= 15 is 0 Å². The predicted molar refractivity (Wildman–Crippen MR) is 99.4 cm³/mol. The van der Waals surface area contributed by atoms with Crippen molar-refractivity contribution in [3.63, 3.8) is 0 Å². The van der Waals surface area contributed by atoms with Crippen molar-refractivity contribution >= 4 is 5.97 Å². The Balaban J connectivity index is 1.93. The molecule has 2 rings (SSSR count). The monoisotopic (exact) mass is 365 g/mol. The Labute approximate surface area is 155 Å². The fraction of sp³-hybridized carbons (Fsp3) is 0.650. The zero-order valence-corrected chi connectivity index (χ0v) is 16.4. The van der Waals surface area contributed by atoms with Crippen LogP contribution in [-0.4, -0.2) is 64.6 Å². The molecule has 0 radical (unpaired) electrons. The van der Waals surface area contributed by atoms with Crippen molar-refractivity contribution in [3.8, 4) is 5.75 Å². The summed E-state index contributed by atoms with van der Waals surface area (Å²) in [5.74, 6) is 0.192. The van der Waals surface area contributed by atoms with Gasteiger partial charge in [-0.15, -0.1) is 0 Å². The van der Waals surface area contributed by atoms with Crippen molar-refractivity contribution in [2.24, 2.45) is 0 Å². The van der Waals surface area contributed by atoms with Crippen LogP contribution < -0.4 is 4.74 Å². The van der Waals surface area contributed by atoms with Gasteiger partial charge in [-0.05, 0) is 64.8 Å².